The van der Waals surface area contributed by atoms with Gasteiger partial charge in [-0.05, 0) is 36.6 Å². The van der Waals surface area contributed by atoms with E-state index in [0.29, 0.717) is 0 Å². The molecule has 88 valence electrons. The standard InChI is InChI=1S/C14H17N3/c15-14(7-1-2-8-14)12-5-3-6-13(11-12)17-10-4-9-16-17/h3-6,9-11H,1-2,7-8,15H2. The summed E-state index contributed by atoms with van der Waals surface area (Å²) in [4.78, 5) is 0. The quantitative estimate of drug-likeness (QED) is 0.857. The molecule has 0 saturated heterocycles. The monoisotopic (exact) mass is 227 g/mol. The number of hydrogen-bond donors (Lipinski definition) is 1. The van der Waals surface area contributed by atoms with Gasteiger partial charge in [-0.15, -0.1) is 0 Å². The van der Waals surface area contributed by atoms with Crippen LogP contribution in [0.2, 0.25) is 0 Å². The fourth-order valence-electron chi connectivity index (χ4n) is 2.67. The minimum Gasteiger partial charge on any atom is -0.321 e. The topological polar surface area (TPSA) is 43.8 Å². The molecule has 1 fully saturated rings. The van der Waals surface area contributed by atoms with E-state index in [4.69, 9.17) is 5.73 Å². The highest BCUT2D eigenvalue weighted by Gasteiger charge is 2.31. The van der Waals surface area contributed by atoms with Gasteiger partial charge in [-0.3, -0.25) is 0 Å². The van der Waals surface area contributed by atoms with Gasteiger partial charge in [0.05, 0.1) is 5.69 Å². The average Bonchev–Trinajstić information content (AvgIpc) is 3.01. The first kappa shape index (κ1) is 10.5. The third-order valence-electron chi connectivity index (χ3n) is 3.69. The van der Waals surface area contributed by atoms with Crippen LogP contribution in [0.5, 0.6) is 0 Å². The molecule has 3 rings (SSSR count). The summed E-state index contributed by atoms with van der Waals surface area (Å²) in [6.45, 7) is 0. The Labute approximate surface area is 101 Å². The van der Waals surface area contributed by atoms with Gasteiger partial charge in [-0.25, -0.2) is 4.68 Å². The zero-order valence-electron chi connectivity index (χ0n) is 9.84. The predicted molar refractivity (Wildman–Crippen MR) is 67.9 cm³/mol. The molecular weight excluding hydrogens is 210 g/mol. The van der Waals surface area contributed by atoms with E-state index in [9.17, 15) is 0 Å². The molecule has 0 aliphatic heterocycles. The lowest BCUT2D eigenvalue weighted by atomic mass is 9.89. The number of rotatable bonds is 2. The molecule has 0 radical (unpaired) electrons. The molecule has 2 N–H and O–H groups in total. The number of hydrogen-bond acceptors (Lipinski definition) is 2. The van der Waals surface area contributed by atoms with Gasteiger partial charge in [-0.2, -0.15) is 5.10 Å². The Hall–Kier alpha value is -1.61. The Morgan fingerprint density at radius 1 is 1.18 bits per heavy atom. The van der Waals surface area contributed by atoms with E-state index in [2.05, 4.69) is 29.4 Å². The van der Waals surface area contributed by atoms with Crippen LogP contribution in [-0.2, 0) is 5.54 Å². The van der Waals surface area contributed by atoms with Crippen molar-refractivity contribution in [2.45, 2.75) is 31.2 Å². The molecule has 1 aromatic heterocycles. The summed E-state index contributed by atoms with van der Waals surface area (Å²) in [6.07, 6.45) is 8.41. The molecule has 17 heavy (non-hydrogen) atoms. The molecule has 1 saturated carbocycles. The van der Waals surface area contributed by atoms with Crippen LogP contribution < -0.4 is 5.73 Å². The van der Waals surface area contributed by atoms with Gasteiger partial charge in [0.25, 0.3) is 0 Å². The van der Waals surface area contributed by atoms with Crippen LogP contribution in [0, 0.1) is 0 Å². The highest BCUT2D eigenvalue weighted by atomic mass is 15.3. The minimum atomic E-state index is -0.122. The second-order valence-electron chi connectivity index (χ2n) is 4.86. The maximum absolute atomic E-state index is 6.47. The molecule has 0 atom stereocenters. The van der Waals surface area contributed by atoms with Crippen LogP contribution in [0.4, 0.5) is 0 Å². The third-order valence-corrected chi connectivity index (χ3v) is 3.69. The molecule has 3 nitrogen and oxygen atoms in total. The number of nitrogens with two attached hydrogens (primary N) is 1. The van der Waals surface area contributed by atoms with Gasteiger partial charge >= 0.3 is 0 Å². The number of benzene rings is 1. The predicted octanol–water partition coefficient (Wildman–Crippen LogP) is 2.60. The van der Waals surface area contributed by atoms with Crippen molar-refractivity contribution in [1.82, 2.24) is 9.78 Å². The molecular formula is C14H17N3. The van der Waals surface area contributed by atoms with Crippen LogP contribution in [0.15, 0.2) is 42.7 Å². The Bertz CT molecular complexity index is 496. The van der Waals surface area contributed by atoms with E-state index >= 15 is 0 Å². The van der Waals surface area contributed by atoms with Gasteiger partial charge in [0, 0.05) is 17.9 Å². The van der Waals surface area contributed by atoms with Gasteiger partial charge in [0.2, 0.25) is 0 Å². The Morgan fingerprint density at radius 2 is 2.00 bits per heavy atom. The van der Waals surface area contributed by atoms with Crippen LogP contribution in [0.1, 0.15) is 31.2 Å². The van der Waals surface area contributed by atoms with Crippen molar-refractivity contribution in [1.29, 1.82) is 0 Å². The summed E-state index contributed by atoms with van der Waals surface area (Å²) >= 11 is 0. The maximum atomic E-state index is 6.47. The Morgan fingerprint density at radius 3 is 2.71 bits per heavy atom. The zero-order valence-corrected chi connectivity index (χ0v) is 9.84. The molecule has 0 spiro atoms. The summed E-state index contributed by atoms with van der Waals surface area (Å²) in [5, 5.41) is 4.25. The molecule has 1 heterocycles. The van der Waals surface area contributed by atoms with Crippen LogP contribution >= 0.6 is 0 Å². The first-order valence-electron chi connectivity index (χ1n) is 6.17. The second kappa shape index (κ2) is 4.00. The van der Waals surface area contributed by atoms with Crippen LogP contribution in [0.25, 0.3) is 5.69 Å². The molecule has 2 aromatic rings. The fourth-order valence-corrected chi connectivity index (χ4v) is 2.67. The lowest BCUT2D eigenvalue weighted by Gasteiger charge is -2.24. The summed E-state index contributed by atoms with van der Waals surface area (Å²) in [7, 11) is 0. The van der Waals surface area contributed by atoms with Crippen molar-refractivity contribution >= 4 is 0 Å². The van der Waals surface area contributed by atoms with Crippen molar-refractivity contribution in [3.05, 3.63) is 48.3 Å². The number of nitrogens with zero attached hydrogens (tertiary/aromatic N) is 2. The Balaban J connectivity index is 1.99. The van der Waals surface area contributed by atoms with E-state index < -0.39 is 0 Å². The first-order valence-corrected chi connectivity index (χ1v) is 6.17. The van der Waals surface area contributed by atoms with E-state index in [1.165, 1.54) is 18.4 Å². The van der Waals surface area contributed by atoms with Gasteiger partial charge < -0.3 is 5.73 Å². The average molecular weight is 227 g/mol. The highest BCUT2D eigenvalue weighted by Crippen LogP contribution is 2.36. The molecule has 1 aliphatic rings. The van der Waals surface area contributed by atoms with Gasteiger partial charge in [-0.1, -0.05) is 25.0 Å². The lowest BCUT2D eigenvalue weighted by Crippen LogP contribution is -2.33. The Kier molecular flexibility index (Phi) is 2.48. The van der Waals surface area contributed by atoms with E-state index in [-0.39, 0.29) is 5.54 Å². The van der Waals surface area contributed by atoms with Crippen molar-refractivity contribution < 1.29 is 0 Å². The van der Waals surface area contributed by atoms with E-state index in [1.54, 1.807) is 6.20 Å². The fraction of sp³-hybridized carbons (Fsp3) is 0.357. The van der Waals surface area contributed by atoms with E-state index in [0.717, 1.165) is 18.5 Å². The molecule has 1 aromatic carbocycles. The minimum absolute atomic E-state index is 0.122. The molecule has 3 heteroatoms. The smallest absolute Gasteiger partial charge is 0.0648 e. The summed E-state index contributed by atoms with van der Waals surface area (Å²) in [5.41, 5.74) is 8.68. The summed E-state index contributed by atoms with van der Waals surface area (Å²) < 4.78 is 1.88. The maximum Gasteiger partial charge on any atom is 0.0648 e. The summed E-state index contributed by atoms with van der Waals surface area (Å²) in [5.74, 6) is 0. The largest absolute Gasteiger partial charge is 0.321 e. The third kappa shape index (κ3) is 1.87. The first-order chi connectivity index (χ1) is 8.28. The van der Waals surface area contributed by atoms with Gasteiger partial charge in [0.1, 0.15) is 0 Å². The van der Waals surface area contributed by atoms with Crippen LogP contribution in [0.3, 0.4) is 0 Å². The van der Waals surface area contributed by atoms with Crippen LogP contribution in [-0.4, -0.2) is 9.78 Å². The summed E-state index contributed by atoms with van der Waals surface area (Å²) in [6, 6.07) is 10.4. The lowest BCUT2D eigenvalue weighted by molar-refractivity contribution is 0.461. The van der Waals surface area contributed by atoms with E-state index in [1.807, 2.05) is 16.9 Å². The zero-order chi connectivity index (χ0) is 11.7. The van der Waals surface area contributed by atoms with Crippen molar-refractivity contribution in [2.75, 3.05) is 0 Å². The normalized spacial score (nSPS) is 18.4. The molecule has 0 bridgehead atoms. The van der Waals surface area contributed by atoms with Crippen molar-refractivity contribution in [3.63, 3.8) is 0 Å². The van der Waals surface area contributed by atoms with Crippen molar-refractivity contribution in [3.8, 4) is 5.69 Å². The number of aromatic nitrogens is 2. The molecule has 0 unspecified atom stereocenters. The SMILES string of the molecule is NC1(c2cccc(-n3cccn3)c2)CCCC1. The molecule has 0 amide bonds. The van der Waals surface area contributed by atoms with Crippen molar-refractivity contribution in [2.24, 2.45) is 5.73 Å². The second-order valence-corrected chi connectivity index (χ2v) is 4.86. The molecule has 1 aliphatic carbocycles. The highest BCUT2D eigenvalue weighted by molar-refractivity contribution is 5.38. The van der Waals surface area contributed by atoms with Gasteiger partial charge in [0.15, 0.2) is 0 Å².